The predicted molar refractivity (Wildman–Crippen MR) is 78.5 cm³/mol. The number of anilines is 1. The summed E-state index contributed by atoms with van der Waals surface area (Å²) in [6.45, 7) is 2.12. The molecule has 0 saturated carbocycles. The van der Waals surface area contributed by atoms with Gasteiger partial charge in [-0.15, -0.1) is 23.1 Å². The maximum absolute atomic E-state index is 4.25. The largest absolute Gasteiger partial charge is 0.279 e. The molecule has 2 aromatic rings. The number of hydrogen-bond donors (Lipinski definition) is 1. The summed E-state index contributed by atoms with van der Waals surface area (Å²) in [7, 11) is 0. The summed E-state index contributed by atoms with van der Waals surface area (Å²) >= 11 is 3.57. The van der Waals surface area contributed by atoms with Crippen molar-refractivity contribution in [3.8, 4) is 0 Å². The lowest BCUT2D eigenvalue weighted by molar-refractivity contribution is 1.35. The number of nitrogens with zero attached hydrogens (tertiary/aromatic N) is 1. The molecule has 17 heavy (non-hydrogen) atoms. The van der Waals surface area contributed by atoms with E-state index >= 15 is 0 Å². The molecule has 0 aliphatic carbocycles. The van der Waals surface area contributed by atoms with Gasteiger partial charge in [-0.3, -0.25) is 5.43 Å². The van der Waals surface area contributed by atoms with Gasteiger partial charge in [0.05, 0.1) is 16.1 Å². The molecule has 2 rings (SSSR count). The molecule has 0 saturated heterocycles. The van der Waals surface area contributed by atoms with Gasteiger partial charge in [-0.05, 0) is 31.4 Å². The second kappa shape index (κ2) is 5.89. The molecule has 0 fully saturated rings. The van der Waals surface area contributed by atoms with E-state index < -0.39 is 0 Å². The highest BCUT2D eigenvalue weighted by molar-refractivity contribution is 8.00. The zero-order valence-corrected chi connectivity index (χ0v) is 11.4. The minimum absolute atomic E-state index is 1.00. The molecule has 1 heterocycles. The normalized spacial score (nSPS) is 10.9. The van der Waals surface area contributed by atoms with Crippen LogP contribution in [-0.4, -0.2) is 12.5 Å². The smallest absolute Gasteiger partial charge is 0.0687 e. The van der Waals surface area contributed by atoms with Gasteiger partial charge in [0.15, 0.2) is 0 Å². The third-order valence-electron chi connectivity index (χ3n) is 2.20. The molecule has 0 radical (unpaired) electrons. The van der Waals surface area contributed by atoms with Crippen molar-refractivity contribution in [3.05, 3.63) is 46.8 Å². The molecule has 0 atom stereocenters. The van der Waals surface area contributed by atoms with Crippen molar-refractivity contribution in [2.24, 2.45) is 5.10 Å². The van der Waals surface area contributed by atoms with E-state index in [9.17, 15) is 0 Å². The van der Waals surface area contributed by atoms with Crippen molar-refractivity contribution in [1.82, 2.24) is 0 Å². The van der Waals surface area contributed by atoms with E-state index in [1.807, 2.05) is 36.5 Å². The van der Waals surface area contributed by atoms with Crippen LogP contribution in [0, 0.1) is 6.92 Å². The number of thiophene rings is 1. The Morgan fingerprint density at radius 3 is 2.76 bits per heavy atom. The molecule has 0 unspecified atom stereocenters. The van der Waals surface area contributed by atoms with Gasteiger partial charge in [0.2, 0.25) is 0 Å². The van der Waals surface area contributed by atoms with Crippen LogP contribution < -0.4 is 5.43 Å². The number of rotatable bonds is 4. The maximum atomic E-state index is 4.25. The van der Waals surface area contributed by atoms with E-state index in [4.69, 9.17) is 0 Å². The van der Waals surface area contributed by atoms with Crippen LogP contribution in [0.4, 0.5) is 5.69 Å². The Bertz CT molecular complexity index is 503. The zero-order chi connectivity index (χ0) is 12.1. The van der Waals surface area contributed by atoms with Gasteiger partial charge in [-0.25, -0.2) is 0 Å². The highest BCUT2D eigenvalue weighted by Gasteiger charge is 2.02. The molecule has 0 spiro atoms. The third kappa shape index (κ3) is 3.35. The van der Waals surface area contributed by atoms with Crippen LogP contribution in [0.15, 0.2) is 45.7 Å². The summed E-state index contributed by atoms with van der Waals surface area (Å²) in [4.78, 5) is 1.32. The van der Waals surface area contributed by atoms with E-state index in [2.05, 4.69) is 29.8 Å². The maximum Gasteiger partial charge on any atom is 0.0687 e. The molecule has 0 bridgehead atoms. The van der Waals surface area contributed by atoms with Crippen molar-refractivity contribution in [1.29, 1.82) is 0 Å². The first kappa shape index (κ1) is 12.2. The molecule has 0 amide bonds. The number of hydrogen-bond acceptors (Lipinski definition) is 4. The minimum atomic E-state index is 1.00. The zero-order valence-electron chi connectivity index (χ0n) is 9.81. The van der Waals surface area contributed by atoms with Crippen molar-refractivity contribution >= 4 is 35.0 Å². The number of hydrazone groups is 1. The fourth-order valence-corrected chi connectivity index (χ4v) is 3.23. The lowest BCUT2D eigenvalue weighted by Gasteiger charge is -1.98. The summed E-state index contributed by atoms with van der Waals surface area (Å²) < 4.78 is 1.31. The van der Waals surface area contributed by atoms with Crippen molar-refractivity contribution in [2.45, 2.75) is 11.1 Å². The minimum Gasteiger partial charge on any atom is -0.279 e. The van der Waals surface area contributed by atoms with Crippen LogP contribution in [0.1, 0.15) is 10.4 Å². The standard InChI is InChI=1S/C13H14N2S2/c1-10-8-11(13(16-2)17-10)9-14-15-12-6-4-3-5-7-12/h3-9,15H,1-2H3/b14-9+. The van der Waals surface area contributed by atoms with Gasteiger partial charge < -0.3 is 0 Å². The van der Waals surface area contributed by atoms with Crippen molar-refractivity contribution < 1.29 is 0 Å². The number of benzene rings is 1. The lowest BCUT2D eigenvalue weighted by atomic mass is 10.3. The van der Waals surface area contributed by atoms with Gasteiger partial charge >= 0.3 is 0 Å². The van der Waals surface area contributed by atoms with E-state index in [-0.39, 0.29) is 0 Å². The molecular formula is C13H14N2S2. The fraction of sp³-hybridized carbons (Fsp3) is 0.154. The summed E-state index contributed by atoms with van der Waals surface area (Å²) in [5, 5.41) is 4.25. The Labute approximate surface area is 110 Å². The Balaban J connectivity index is 2.05. The van der Waals surface area contributed by atoms with Crippen LogP contribution in [0.3, 0.4) is 0 Å². The molecular weight excluding hydrogens is 248 g/mol. The van der Waals surface area contributed by atoms with Crippen LogP contribution in [0.2, 0.25) is 0 Å². The van der Waals surface area contributed by atoms with E-state index in [1.54, 1.807) is 23.1 Å². The van der Waals surface area contributed by atoms with Crippen LogP contribution in [-0.2, 0) is 0 Å². The molecule has 4 heteroatoms. The molecule has 88 valence electrons. The van der Waals surface area contributed by atoms with Crippen molar-refractivity contribution in [3.63, 3.8) is 0 Å². The average Bonchev–Trinajstić information content (AvgIpc) is 2.71. The van der Waals surface area contributed by atoms with Crippen LogP contribution in [0.5, 0.6) is 0 Å². The first-order chi connectivity index (χ1) is 8.29. The SMILES string of the molecule is CSc1sc(C)cc1/C=N/Nc1ccccc1. The number of nitrogens with one attached hydrogen (secondary N) is 1. The van der Waals surface area contributed by atoms with Crippen LogP contribution in [0.25, 0.3) is 0 Å². The average molecular weight is 262 g/mol. The highest BCUT2D eigenvalue weighted by atomic mass is 32.2. The Morgan fingerprint density at radius 2 is 2.06 bits per heavy atom. The van der Waals surface area contributed by atoms with E-state index in [1.165, 1.54) is 14.6 Å². The summed E-state index contributed by atoms with van der Waals surface area (Å²) in [5.74, 6) is 0. The summed E-state index contributed by atoms with van der Waals surface area (Å²) in [5.41, 5.74) is 5.20. The summed E-state index contributed by atoms with van der Waals surface area (Å²) in [6.07, 6.45) is 3.97. The Morgan fingerprint density at radius 1 is 1.29 bits per heavy atom. The third-order valence-corrected chi connectivity index (χ3v) is 4.42. The topological polar surface area (TPSA) is 24.4 Å². The van der Waals surface area contributed by atoms with Crippen LogP contribution >= 0.6 is 23.1 Å². The number of para-hydroxylation sites is 1. The Kier molecular flexibility index (Phi) is 4.23. The second-order valence-electron chi connectivity index (χ2n) is 3.54. The molecule has 1 aromatic heterocycles. The number of aryl methyl sites for hydroxylation is 1. The molecule has 0 aliphatic heterocycles. The number of thioether (sulfide) groups is 1. The summed E-state index contributed by atoms with van der Waals surface area (Å²) in [6, 6.07) is 12.1. The quantitative estimate of drug-likeness (QED) is 0.507. The monoisotopic (exact) mass is 262 g/mol. The van der Waals surface area contributed by atoms with Gasteiger partial charge in [-0.1, -0.05) is 18.2 Å². The molecule has 2 nitrogen and oxygen atoms in total. The van der Waals surface area contributed by atoms with Crippen molar-refractivity contribution in [2.75, 3.05) is 11.7 Å². The second-order valence-corrected chi connectivity index (χ2v) is 5.87. The van der Waals surface area contributed by atoms with E-state index in [0.29, 0.717) is 0 Å². The van der Waals surface area contributed by atoms with E-state index in [0.717, 1.165) is 5.69 Å². The predicted octanol–water partition coefficient (Wildman–Crippen LogP) is 4.22. The first-order valence-electron chi connectivity index (χ1n) is 5.28. The molecule has 1 N–H and O–H groups in total. The molecule has 0 aliphatic rings. The Hall–Kier alpha value is -1.26. The van der Waals surface area contributed by atoms with Gasteiger partial charge in [0.1, 0.15) is 0 Å². The highest BCUT2D eigenvalue weighted by Crippen LogP contribution is 2.28. The van der Waals surface area contributed by atoms with Gasteiger partial charge in [0, 0.05) is 10.4 Å². The fourth-order valence-electron chi connectivity index (χ4n) is 1.45. The first-order valence-corrected chi connectivity index (χ1v) is 7.32. The van der Waals surface area contributed by atoms with Gasteiger partial charge in [-0.2, -0.15) is 5.10 Å². The van der Waals surface area contributed by atoms with Gasteiger partial charge in [0.25, 0.3) is 0 Å². The molecule has 1 aromatic carbocycles. The lowest BCUT2D eigenvalue weighted by Crippen LogP contribution is -1.89.